The average molecular weight is 326 g/mol. The van der Waals surface area contributed by atoms with Gasteiger partial charge in [0.2, 0.25) is 0 Å². The number of ether oxygens (including phenoxy) is 1. The molecule has 0 fully saturated rings. The van der Waals surface area contributed by atoms with Crippen LogP contribution < -0.4 is 10.1 Å². The van der Waals surface area contributed by atoms with Gasteiger partial charge in [-0.2, -0.15) is 0 Å². The summed E-state index contributed by atoms with van der Waals surface area (Å²) in [6.07, 6.45) is 2.71. The van der Waals surface area contributed by atoms with Crippen molar-refractivity contribution in [3.05, 3.63) is 46.5 Å². The summed E-state index contributed by atoms with van der Waals surface area (Å²) in [6, 6.07) is 5.00. The summed E-state index contributed by atoms with van der Waals surface area (Å²) in [5, 5.41) is 3.24. The van der Waals surface area contributed by atoms with Crippen LogP contribution in [-0.4, -0.2) is 22.0 Å². The molecule has 1 aromatic heterocycles. The highest BCUT2D eigenvalue weighted by atomic mass is 35.5. The maximum Gasteiger partial charge on any atom is 0.275 e. The number of nitrogens with zero attached hydrogens (tertiary/aromatic N) is 2. The third-order valence-corrected chi connectivity index (χ3v) is 2.87. The highest BCUT2D eigenvalue weighted by Gasteiger charge is 2.11. The molecule has 1 amide bonds. The van der Waals surface area contributed by atoms with Gasteiger partial charge in [0.1, 0.15) is 16.6 Å². The molecular formula is C14H13Cl2N3O2. The van der Waals surface area contributed by atoms with Gasteiger partial charge in [0.15, 0.2) is 0 Å². The van der Waals surface area contributed by atoms with Crippen LogP contribution in [0.15, 0.2) is 30.6 Å². The number of carbonyl (C=O) groups excluding carboxylic acids is 1. The molecule has 1 heterocycles. The zero-order valence-electron chi connectivity index (χ0n) is 11.4. The molecule has 0 atom stereocenters. The van der Waals surface area contributed by atoms with E-state index in [4.69, 9.17) is 27.9 Å². The quantitative estimate of drug-likeness (QED) is 0.927. The van der Waals surface area contributed by atoms with Crippen molar-refractivity contribution in [3.8, 4) is 5.75 Å². The lowest BCUT2D eigenvalue weighted by atomic mass is 10.3. The second-order valence-corrected chi connectivity index (χ2v) is 5.29. The Balaban J connectivity index is 2.13. The number of amides is 1. The summed E-state index contributed by atoms with van der Waals surface area (Å²) in [5.74, 6) is 0.144. The standard InChI is InChI=1S/C14H13Cl2N3O2/c1-8(2)21-12-4-3-9(5-10(12)15)18-14(20)11-6-17-7-13(16)19-11/h3-8H,1-2H3,(H,18,20). The van der Waals surface area contributed by atoms with E-state index < -0.39 is 5.91 Å². The Labute approximate surface area is 132 Å². The fraction of sp³-hybridized carbons (Fsp3) is 0.214. The first kappa shape index (κ1) is 15.5. The van der Waals surface area contributed by atoms with Crippen LogP contribution >= 0.6 is 23.2 Å². The van der Waals surface area contributed by atoms with E-state index in [1.54, 1.807) is 18.2 Å². The van der Waals surface area contributed by atoms with E-state index in [0.717, 1.165) is 0 Å². The first-order chi connectivity index (χ1) is 9.95. The zero-order chi connectivity index (χ0) is 15.4. The van der Waals surface area contributed by atoms with E-state index in [1.165, 1.54) is 12.4 Å². The minimum atomic E-state index is -0.418. The summed E-state index contributed by atoms with van der Waals surface area (Å²) >= 11 is 11.8. The number of rotatable bonds is 4. The van der Waals surface area contributed by atoms with Crippen LogP contribution in [0.25, 0.3) is 0 Å². The van der Waals surface area contributed by atoms with Gasteiger partial charge in [-0.15, -0.1) is 0 Å². The van der Waals surface area contributed by atoms with Crippen LogP contribution in [0.5, 0.6) is 5.75 Å². The molecule has 21 heavy (non-hydrogen) atoms. The van der Waals surface area contributed by atoms with E-state index in [9.17, 15) is 4.79 Å². The predicted molar refractivity (Wildman–Crippen MR) is 82.2 cm³/mol. The normalized spacial score (nSPS) is 10.5. The fourth-order valence-corrected chi connectivity index (χ4v) is 1.95. The lowest BCUT2D eigenvalue weighted by Crippen LogP contribution is -2.14. The topological polar surface area (TPSA) is 64.1 Å². The minimum absolute atomic E-state index is 0.0182. The van der Waals surface area contributed by atoms with Crippen LogP contribution in [0.2, 0.25) is 10.2 Å². The molecule has 7 heteroatoms. The Morgan fingerprint density at radius 1 is 1.29 bits per heavy atom. The number of hydrogen-bond acceptors (Lipinski definition) is 4. The maximum atomic E-state index is 12.0. The number of carbonyl (C=O) groups is 1. The largest absolute Gasteiger partial charge is 0.489 e. The molecular weight excluding hydrogens is 313 g/mol. The van der Waals surface area contributed by atoms with Crippen LogP contribution in [0.3, 0.4) is 0 Å². The molecule has 5 nitrogen and oxygen atoms in total. The van der Waals surface area contributed by atoms with Gasteiger partial charge in [-0.25, -0.2) is 4.98 Å². The number of halogens is 2. The third kappa shape index (κ3) is 4.31. The molecule has 0 spiro atoms. The lowest BCUT2D eigenvalue weighted by molar-refractivity contribution is 0.102. The number of hydrogen-bond donors (Lipinski definition) is 1. The van der Waals surface area contributed by atoms with Gasteiger partial charge in [-0.3, -0.25) is 9.78 Å². The molecule has 1 aromatic carbocycles. The van der Waals surface area contributed by atoms with Gasteiger partial charge in [-0.1, -0.05) is 23.2 Å². The number of anilines is 1. The predicted octanol–water partition coefficient (Wildman–Crippen LogP) is 3.82. The Bertz CT molecular complexity index is 662. The van der Waals surface area contributed by atoms with E-state index in [-0.39, 0.29) is 17.0 Å². The van der Waals surface area contributed by atoms with Crippen molar-refractivity contribution in [2.75, 3.05) is 5.32 Å². The van der Waals surface area contributed by atoms with Crippen molar-refractivity contribution in [3.63, 3.8) is 0 Å². The molecule has 2 aromatic rings. The number of nitrogens with one attached hydrogen (secondary N) is 1. The molecule has 110 valence electrons. The summed E-state index contributed by atoms with van der Waals surface area (Å²) < 4.78 is 5.52. The van der Waals surface area contributed by atoms with Crippen molar-refractivity contribution in [1.82, 2.24) is 9.97 Å². The molecule has 0 aliphatic rings. The monoisotopic (exact) mass is 325 g/mol. The second kappa shape index (κ2) is 6.74. The van der Waals surface area contributed by atoms with Crippen LogP contribution in [0, 0.1) is 0 Å². The van der Waals surface area contributed by atoms with Gasteiger partial charge in [0.25, 0.3) is 5.91 Å². The molecule has 0 bridgehead atoms. The van der Waals surface area contributed by atoms with Crippen LogP contribution in [0.1, 0.15) is 24.3 Å². The zero-order valence-corrected chi connectivity index (χ0v) is 12.9. The van der Waals surface area contributed by atoms with Crippen LogP contribution in [-0.2, 0) is 0 Å². The second-order valence-electron chi connectivity index (χ2n) is 4.49. The smallest absolute Gasteiger partial charge is 0.275 e. The number of benzene rings is 1. The van der Waals surface area contributed by atoms with E-state index in [2.05, 4.69) is 15.3 Å². The molecule has 1 N–H and O–H groups in total. The summed E-state index contributed by atoms with van der Waals surface area (Å²) in [6.45, 7) is 3.81. The molecule has 2 rings (SSSR count). The van der Waals surface area contributed by atoms with E-state index in [1.807, 2.05) is 13.8 Å². The van der Waals surface area contributed by atoms with Gasteiger partial charge in [0.05, 0.1) is 23.5 Å². The van der Waals surface area contributed by atoms with Crippen LogP contribution in [0.4, 0.5) is 5.69 Å². The fourth-order valence-electron chi connectivity index (χ4n) is 1.57. The summed E-state index contributed by atoms with van der Waals surface area (Å²) in [5.41, 5.74) is 0.656. The SMILES string of the molecule is CC(C)Oc1ccc(NC(=O)c2cncc(Cl)n2)cc1Cl. The van der Waals surface area contributed by atoms with Crippen molar-refractivity contribution in [1.29, 1.82) is 0 Å². The molecule has 0 saturated carbocycles. The van der Waals surface area contributed by atoms with Crippen molar-refractivity contribution in [2.24, 2.45) is 0 Å². The van der Waals surface area contributed by atoms with Crippen molar-refractivity contribution >= 4 is 34.8 Å². The molecule has 0 saturated heterocycles. The van der Waals surface area contributed by atoms with Gasteiger partial charge >= 0.3 is 0 Å². The Hall–Kier alpha value is -1.85. The highest BCUT2D eigenvalue weighted by molar-refractivity contribution is 6.32. The third-order valence-electron chi connectivity index (χ3n) is 2.39. The van der Waals surface area contributed by atoms with E-state index >= 15 is 0 Å². The maximum absolute atomic E-state index is 12.0. The summed E-state index contributed by atoms with van der Waals surface area (Å²) in [7, 11) is 0. The first-order valence-corrected chi connectivity index (χ1v) is 6.96. The van der Waals surface area contributed by atoms with Crippen molar-refractivity contribution in [2.45, 2.75) is 20.0 Å². The molecule has 0 radical (unpaired) electrons. The van der Waals surface area contributed by atoms with Gasteiger partial charge < -0.3 is 10.1 Å². The van der Waals surface area contributed by atoms with Crippen molar-refractivity contribution < 1.29 is 9.53 Å². The first-order valence-electron chi connectivity index (χ1n) is 6.21. The Morgan fingerprint density at radius 2 is 2.05 bits per heavy atom. The lowest BCUT2D eigenvalue weighted by Gasteiger charge is -2.12. The van der Waals surface area contributed by atoms with E-state index in [0.29, 0.717) is 16.5 Å². The minimum Gasteiger partial charge on any atom is -0.489 e. The highest BCUT2D eigenvalue weighted by Crippen LogP contribution is 2.28. The Kier molecular flexibility index (Phi) is 4.98. The van der Waals surface area contributed by atoms with Gasteiger partial charge in [-0.05, 0) is 32.0 Å². The number of aromatic nitrogens is 2. The average Bonchev–Trinajstić information content (AvgIpc) is 2.41. The molecule has 0 aliphatic carbocycles. The Morgan fingerprint density at radius 3 is 2.67 bits per heavy atom. The van der Waals surface area contributed by atoms with Gasteiger partial charge in [0, 0.05) is 5.69 Å². The summed E-state index contributed by atoms with van der Waals surface area (Å²) in [4.78, 5) is 19.7. The molecule has 0 aliphatic heterocycles. The molecule has 0 unspecified atom stereocenters.